The molecule has 5 nitrogen and oxygen atoms in total. The van der Waals surface area contributed by atoms with Crippen molar-refractivity contribution in [3.63, 3.8) is 0 Å². The fraction of sp³-hybridized carbons (Fsp3) is 0.684. The van der Waals surface area contributed by atoms with Crippen LogP contribution in [0.4, 0.5) is 0 Å². The Morgan fingerprint density at radius 2 is 2.12 bits per heavy atom. The smallest absolute Gasteiger partial charge is 0.272 e. The number of likely N-dealkylation sites (tertiary alicyclic amines) is 1. The van der Waals surface area contributed by atoms with Gasteiger partial charge in [-0.05, 0) is 50.2 Å². The zero-order valence-corrected chi connectivity index (χ0v) is 14.2. The zero-order valence-electron chi connectivity index (χ0n) is 14.2. The van der Waals surface area contributed by atoms with Gasteiger partial charge in [0.25, 0.3) is 5.91 Å². The van der Waals surface area contributed by atoms with Crippen molar-refractivity contribution in [1.82, 2.24) is 9.88 Å². The molecule has 1 spiro atoms. The maximum Gasteiger partial charge on any atom is 0.272 e. The van der Waals surface area contributed by atoms with Gasteiger partial charge in [0.1, 0.15) is 5.69 Å². The van der Waals surface area contributed by atoms with Crippen LogP contribution in [0, 0.1) is 5.92 Å². The number of aromatic nitrogens is 1. The second kappa shape index (κ2) is 6.81. The minimum Gasteiger partial charge on any atom is -0.378 e. The van der Waals surface area contributed by atoms with E-state index < -0.39 is 0 Å². The molecule has 1 unspecified atom stereocenters. The molecule has 24 heavy (non-hydrogen) atoms. The van der Waals surface area contributed by atoms with E-state index in [1.165, 1.54) is 12.8 Å². The summed E-state index contributed by atoms with van der Waals surface area (Å²) in [5, 5.41) is 0. The minimum absolute atomic E-state index is 0.0304. The van der Waals surface area contributed by atoms with Gasteiger partial charge in [0.2, 0.25) is 0 Å². The minimum atomic E-state index is -0.0899. The largest absolute Gasteiger partial charge is 0.378 e. The summed E-state index contributed by atoms with van der Waals surface area (Å²) in [6.07, 6.45) is 8.44. The fourth-order valence-corrected chi connectivity index (χ4v) is 3.80. The summed E-state index contributed by atoms with van der Waals surface area (Å²) < 4.78 is 12.3. The van der Waals surface area contributed by atoms with Crippen LogP contribution in [-0.4, -0.2) is 53.8 Å². The van der Waals surface area contributed by atoms with Gasteiger partial charge < -0.3 is 14.4 Å². The molecule has 130 valence electrons. The maximum atomic E-state index is 12.5. The van der Waals surface area contributed by atoms with Crippen molar-refractivity contribution >= 4 is 5.91 Å². The lowest BCUT2D eigenvalue weighted by molar-refractivity contribution is -0.153. The highest BCUT2D eigenvalue weighted by atomic mass is 16.5. The van der Waals surface area contributed by atoms with E-state index in [2.05, 4.69) is 4.98 Å². The Bertz CT molecular complexity index is 565. The molecule has 3 aliphatic rings. The van der Waals surface area contributed by atoms with Crippen LogP contribution in [-0.2, 0) is 9.47 Å². The van der Waals surface area contributed by atoms with E-state index in [0.29, 0.717) is 11.8 Å². The van der Waals surface area contributed by atoms with Crippen LogP contribution >= 0.6 is 0 Å². The Labute approximate surface area is 143 Å². The number of rotatable bonds is 4. The van der Waals surface area contributed by atoms with Gasteiger partial charge in [0, 0.05) is 38.9 Å². The number of amides is 1. The molecule has 1 aromatic heterocycles. The van der Waals surface area contributed by atoms with E-state index in [1.807, 2.05) is 17.0 Å². The second-order valence-corrected chi connectivity index (χ2v) is 7.43. The number of carbonyl (C=O) groups excluding carboxylic acids is 1. The Morgan fingerprint density at radius 1 is 1.29 bits per heavy atom. The predicted molar refractivity (Wildman–Crippen MR) is 89.8 cm³/mol. The molecule has 0 aromatic carbocycles. The molecule has 0 bridgehead atoms. The molecule has 3 heterocycles. The van der Waals surface area contributed by atoms with Gasteiger partial charge in [-0.3, -0.25) is 9.78 Å². The van der Waals surface area contributed by atoms with Crippen molar-refractivity contribution in [2.45, 2.75) is 50.2 Å². The van der Waals surface area contributed by atoms with Crippen LogP contribution in [0.25, 0.3) is 0 Å². The summed E-state index contributed by atoms with van der Waals surface area (Å²) in [5.41, 5.74) is 0.441. The lowest BCUT2D eigenvalue weighted by atomic mass is 9.83. The lowest BCUT2D eigenvalue weighted by Crippen LogP contribution is -2.52. The van der Waals surface area contributed by atoms with Crippen LogP contribution in [0.15, 0.2) is 24.4 Å². The fourth-order valence-electron chi connectivity index (χ4n) is 3.80. The molecule has 1 atom stereocenters. The average Bonchev–Trinajstić information content (AvgIpc) is 3.46. The predicted octanol–water partition coefficient (Wildman–Crippen LogP) is 2.66. The maximum absolute atomic E-state index is 12.5. The van der Waals surface area contributed by atoms with Gasteiger partial charge in [-0.25, -0.2) is 0 Å². The summed E-state index contributed by atoms with van der Waals surface area (Å²) in [6, 6.07) is 5.48. The number of ether oxygens (including phenoxy) is 2. The highest BCUT2D eigenvalue weighted by molar-refractivity contribution is 5.92. The normalized spacial score (nSPS) is 26.5. The standard InChI is InChI=1S/C19H26N2O3/c22-18(17-3-1-2-9-20-17)21-10-7-19(8-11-21)13-16(6-12-24-19)23-14-15-4-5-15/h1-3,9,15-16H,4-8,10-14H2. The summed E-state index contributed by atoms with van der Waals surface area (Å²) >= 11 is 0. The van der Waals surface area contributed by atoms with Crippen LogP contribution in [0.5, 0.6) is 0 Å². The molecule has 2 aliphatic heterocycles. The van der Waals surface area contributed by atoms with Crippen molar-refractivity contribution in [2.75, 3.05) is 26.3 Å². The Morgan fingerprint density at radius 3 is 2.83 bits per heavy atom. The number of pyridine rings is 1. The summed E-state index contributed by atoms with van der Waals surface area (Å²) in [7, 11) is 0. The van der Waals surface area contributed by atoms with Crippen molar-refractivity contribution in [3.8, 4) is 0 Å². The van der Waals surface area contributed by atoms with Crippen molar-refractivity contribution in [2.24, 2.45) is 5.92 Å². The van der Waals surface area contributed by atoms with Crippen molar-refractivity contribution in [1.29, 1.82) is 0 Å². The topological polar surface area (TPSA) is 51.7 Å². The highest BCUT2D eigenvalue weighted by Crippen LogP contribution is 2.37. The quantitative estimate of drug-likeness (QED) is 0.852. The first-order valence-corrected chi connectivity index (χ1v) is 9.20. The molecule has 1 aliphatic carbocycles. The summed E-state index contributed by atoms with van der Waals surface area (Å²) in [4.78, 5) is 18.6. The van der Waals surface area contributed by atoms with Crippen molar-refractivity contribution in [3.05, 3.63) is 30.1 Å². The van der Waals surface area contributed by atoms with Gasteiger partial charge in [-0.2, -0.15) is 0 Å². The van der Waals surface area contributed by atoms with E-state index >= 15 is 0 Å². The van der Waals surface area contributed by atoms with Crippen LogP contribution in [0.1, 0.15) is 49.0 Å². The van der Waals surface area contributed by atoms with E-state index in [1.54, 1.807) is 12.3 Å². The number of hydrogen-bond donors (Lipinski definition) is 0. The molecule has 5 heteroatoms. The third-order valence-electron chi connectivity index (χ3n) is 5.56. The van der Waals surface area contributed by atoms with E-state index in [9.17, 15) is 4.79 Å². The van der Waals surface area contributed by atoms with Crippen molar-refractivity contribution < 1.29 is 14.3 Å². The SMILES string of the molecule is O=C(c1ccccn1)N1CCC2(CC1)CC(OCC1CC1)CCO2. The van der Waals surface area contributed by atoms with Gasteiger partial charge in [-0.1, -0.05) is 6.07 Å². The van der Waals surface area contributed by atoms with E-state index in [0.717, 1.165) is 57.9 Å². The molecule has 1 saturated carbocycles. The van der Waals surface area contributed by atoms with Crippen LogP contribution in [0.2, 0.25) is 0 Å². The highest BCUT2D eigenvalue weighted by Gasteiger charge is 2.42. The zero-order chi connectivity index (χ0) is 16.4. The van der Waals surface area contributed by atoms with Gasteiger partial charge in [-0.15, -0.1) is 0 Å². The number of piperidine rings is 1. The molecular formula is C19H26N2O3. The number of nitrogens with zero attached hydrogens (tertiary/aromatic N) is 2. The Hall–Kier alpha value is -1.46. The molecule has 0 N–H and O–H groups in total. The average molecular weight is 330 g/mol. The molecule has 0 radical (unpaired) electrons. The van der Waals surface area contributed by atoms with Gasteiger partial charge in [0.05, 0.1) is 11.7 Å². The summed E-state index contributed by atoms with van der Waals surface area (Å²) in [6.45, 7) is 3.18. The molecule has 3 fully saturated rings. The molecule has 1 aromatic rings. The molecule has 1 amide bonds. The second-order valence-electron chi connectivity index (χ2n) is 7.43. The third kappa shape index (κ3) is 3.62. The first-order valence-electron chi connectivity index (χ1n) is 9.20. The summed E-state index contributed by atoms with van der Waals surface area (Å²) in [5.74, 6) is 0.837. The number of hydrogen-bond acceptors (Lipinski definition) is 4. The number of carbonyl (C=O) groups is 1. The van der Waals surface area contributed by atoms with Gasteiger partial charge in [0.15, 0.2) is 0 Å². The first kappa shape index (κ1) is 16.0. The monoisotopic (exact) mass is 330 g/mol. The Kier molecular flexibility index (Phi) is 4.55. The van der Waals surface area contributed by atoms with E-state index in [-0.39, 0.29) is 11.5 Å². The Balaban J connectivity index is 1.32. The third-order valence-corrected chi connectivity index (χ3v) is 5.56. The first-order chi connectivity index (χ1) is 11.7. The molecular weight excluding hydrogens is 304 g/mol. The van der Waals surface area contributed by atoms with Crippen LogP contribution in [0.3, 0.4) is 0 Å². The van der Waals surface area contributed by atoms with E-state index in [4.69, 9.17) is 9.47 Å². The molecule has 4 rings (SSSR count). The van der Waals surface area contributed by atoms with Crippen LogP contribution < -0.4 is 0 Å². The lowest BCUT2D eigenvalue weighted by Gasteiger charge is -2.46. The van der Waals surface area contributed by atoms with Gasteiger partial charge >= 0.3 is 0 Å². The molecule has 2 saturated heterocycles.